The highest BCUT2D eigenvalue weighted by atomic mass is 16.7. The van der Waals surface area contributed by atoms with Crippen LogP contribution in [0.1, 0.15) is 51.9 Å². The normalized spacial score (nSPS) is 44.3. The third-order valence-electron chi connectivity index (χ3n) is 8.36. The van der Waals surface area contributed by atoms with E-state index in [1.54, 1.807) is 0 Å². The molecular weight excluding hydrogens is 536 g/mol. The minimum absolute atomic E-state index is 0.0154. The maximum Gasteiger partial charge on any atom is 0.332 e. The van der Waals surface area contributed by atoms with E-state index in [9.17, 15) is 40.5 Å². The lowest BCUT2D eigenvalue weighted by Gasteiger charge is -2.45. The van der Waals surface area contributed by atoms with Crippen LogP contribution in [0.2, 0.25) is 0 Å². The number of hydrogen-bond acceptors (Lipinski definition) is 13. The van der Waals surface area contributed by atoms with Crippen molar-refractivity contribution < 1.29 is 69.0 Å². The van der Waals surface area contributed by atoms with Gasteiger partial charge in [-0.3, -0.25) is 0 Å². The molecule has 3 heterocycles. The second-order valence-electron chi connectivity index (χ2n) is 11.3. The number of aliphatic carboxylic acids is 1. The largest absolute Gasteiger partial charge is 0.479 e. The van der Waals surface area contributed by atoms with E-state index in [0.717, 1.165) is 32.1 Å². The van der Waals surface area contributed by atoms with Gasteiger partial charge in [0.05, 0.1) is 25.4 Å². The van der Waals surface area contributed by atoms with Gasteiger partial charge in [0.25, 0.3) is 0 Å². The highest BCUT2D eigenvalue weighted by Gasteiger charge is 2.50. The topological polar surface area (TPSA) is 214 Å². The summed E-state index contributed by atoms with van der Waals surface area (Å²) in [5.74, 6) is -1.05. The fourth-order valence-electron chi connectivity index (χ4n) is 5.90. The second kappa shape index (κ2) is 14.4. The minimum atomic E-state index is -1.61. The molecule has 0 bridgehead atoms. The Kier molecular flexibility index (Phi) is 11.5. The molecule has 7 N–H and O–H groups in total. The fraction of sp³-hybridized carbons (Fsp3) is 0.962. The summed E-state index contributed by atoms with van der Waals surface area (Å²) in [7, 11) is 0. The first kappa shape index (κ1) is 31.9. The van der Waals surface area contributed by atoms with Crippen molar-refractivity contribution in [2.45, 2.75) is 132 Å². The van der Waals surface area contributed by atoms with Crippen molar-refractivity contribution in [1.82, 2.24) is 0 Å². The van der Waals surface area contributed by atoms with E-state index in [1.807, 2.05) is 0 Å². The average Bonchev–Trinajstić information content (AvgIpc) is 2.95. The predicted molar refractivity (Wildman–Crippen MR) is 133 cm³/mol. The quantitative estimate of drug-likeness (QED) is 0.153. The third kappa shape index (κ3) is 7.49. The number of ether oxygens (including phenoxy) is 6. The van der Waals surface area contributed by atoms with Gasteiger partial charge in [0.1, 0.15) is 48.8 Å². The molecule has 0 aromatic carbocycles. The Labute approximate surface area is 232 Å². The summed E-state index contributed by atoms with van der Waals surface area (Å²) in [6.07, 6.45) is -11.2. The van der Waals surface area contributed by atoms with Gasteiger partial charge in [-0.25, -0.2) is 4.79 Å². The molecule has 0 spiro atoms. The Morgan fingerprint density at radius 3 is 2.20 bits per heavy atom. The van der Waals surface area contributed by atoms with Crippen molar-refractivity contribution >= 4 is 5.97 Å². The molecule has 4 rings (SSSR count). The van der Waals surface area contributed by atoms with Gasteiger partial charge in [-0.15, -0.1) is 0 Å². The molecule has 4 fully saturated rings. The Hall–Kier alpha value is -1.01. The van der Waals surface area contributed by atoms with Gasteiger partial charge in [0.15, 0.2) is 18.7 Å². The Balaban J connectivity index is 1.43. The zero-order valence-electron chi connectivity index (χ0n) is 22.6. The molecule has 14 heteroatoms. The summed E-state index contributed by atoms with van der Waals surface area (Å²) in [4.78, 5) is 12.0. The summed E-state index contributed by atoms with van der Waals surface area (Å²) in [6, 6.07) is 0. The highest BCUT2D eigenvalue weighted by molar-refractivity contribution is 5.72. The number of carboxylic acids is 1. The van der Waals surface area contributed by atoms with Crippen LogP contribution in [0.3, 0.4) is 0 Å². The molecule has 232 valence electrons. The van der Waals surface area contributed by atoms with Gasteiger partial charge in [0.2, 0.25) is 0 Å². The molecule has 1 aliphatic carbocycles. The lowest BCUT2D eigenvalue weighted by Crippen LogP contribution is -2.63. The summed E-state index contributed by atoms with van der Waals surface area (Å²) in [6.45, 7) is 1.17. The van der Waals surface area contributed by atoms with Gasteiger partial charge in [-0.2, -0.15) is 0 Å². The Bertz CT molecular complexity index is 795. The zero-order valence-corrected chi connectivity index (χ0v) is 22.6. The van der Waals surface area contributed by atoms with Crippen LogP contribution in [0.15, 0.2) is 0 Å². The first-order chi connectivity index (χ1) is 19.1. The van der Waals surface area contributed by atoms with E-state index in [-0.39, 0.29) is 32.0 Å². The van der Waals surface area contributed by atoms with E-state index >= 15 is 0 Å². The Morgan fingerprint density at radius 2 is 1.52 bits per heavy atom. The van der Waals surface area contributed by atoms with Crippen LogP contribution in [-0.4, -0.2) is 141 Å². The lowest BCUT2D eigenvalue weighted by atomic mass is 9.85. The van der Waals surface area contributed by atoms with Crippen LogP contribution in [-0.2, 0) is 33.2 Å². The van der Waals surface area contributed by atoms with E-state index in [4.69, 9.17) is 28.4 Å². The molecule has 1 saturated carbocycles. The summed E-state index contributed by atoms with van der Waals surface area (Å²) < 4.78 is 34.3. The van der Waals surface area contributed by atoms with Gasteiger partial charge >= 0.3 is 5.97 Å². The van der Waals surface area contributed by atoms with Gasteiger partial charge in [0, 0.05) is 6.61 Å². The molecule has 0 amide bonds. The average molecular weight is 581 g/mol. The van der Waals surface area contributed by atoms with Crippen molar-refractivity contribution in [2.24, 2.45) is 5.92 Å². The maximum atomic E-state index is 12.0. The Morgan fingerprint density at radius 1 is 0.850 bits per heavy atom. The molecule has 13 atom stereocenters. The van der Waals surface area contributed by atoms with Gasteiger partial charge < -0.3 is 64.2 Å². The summed E-state index contributed by atoms with van der Waals surface area (Å²) in [5, 5.41) is 72.0. The van der Waals surface area contributed by atoms with Gasteiger partial charge in [-0.1, -0.05) is 32.1 Å². The van der Waals surface area contributed by atoms with E-state index < -0.39 is 92.3 Å². The minimum Gasteiger partial charge on any atom is -0.479 e. The van der Waals surface area contributed by atoms with Gasteiger partial charge in [-0.05, 0) is 25.7 Å². The van der Waals surface area contributed by atoms with Crippen molar-refractivity contribution in [3.8, 4) is 0 Å². The number of aliphatic hydroxyl groups is 6. The molecule has 0 unspecified atom stereocenters. The molecule has 0 aromatic heterocycles. The van der Waals surface area contributed by atoms with Crippen molar-refractivity contribution in [2.75, 3.05) is 19.8 Å². The van der Waals surface area contributed by atoms with Crippen LogP contribution >= 0.6 is 0 Å². The molecular formula is C26H44O14. The zero-order chi connectivity index (χ0) is 29.0. The van der Waals surface area contributed by atoms with Crippen molar-refractivity contribution in [3.05, 3.63) is 0 Å². The lowest BCUT2D eigenvalue weighted by molar-refractivity contribution is -0.350. The number of carboxylic acid groups (broad SMARTS) is 1. The van der Waals surface area contributed by atoms with Crippen LogP contribution in [0.25, 0.3) is 0 Å². The number of aliphatic hydroxyl groups excluding tert-OH is 6. The first-order valence-corrected chi connectivity index (χ1v) is 14.2. The van der Waals surface area contributed by atoms with Crippen molar-refractivity contribution in [1.29, 1.82) is 0 Å². The van der Waals surface area contributed by atoms with E-state index in [1.165, 1.54) is 6.92 Å². The molecule has 14 nitrogen and oxygen atoms in total. The van der Waals surface area contributed by atoms with Crippen LogP contribution < -0.4 is 0 Å². The third-order valence-corrected chi connectivity index (χ3v) is 8.36. The van der Waals surface area contributed by atoms with Crippen molar-refractivity contribution in [3.63, 3.8) is 0 Å². The second-order valence-corrected chi connectivity index (χ2v) is 11.3. The molecule has 40 heavy (non-hydrogen) atoms. The SMILES string of the molecule is C[C@H]1O[C@H](O[C@@H]2COCC[C@H]2O[C@H]2O[C@@H](CO)[C@@H](O)[C@H](O[C@@H](CC3CCCCC3)C(=O)O)[C@H]2O)[C@@H](O)[C@H](O)[C@H]1O. The smallest absolute Gasteiger partial charge is 0.332 e. The monoisotopic (exact) mass is 580 g/mol. The molecule has 0 aromatic rings. The summed E-state index contributed by atoms with van der Waals surface area (Å²) >= 11 is 0. The maximum absolute atomic E-state index is 12.0. The standard InChI is InChI=1S/C26H44O14/c1-12-18(28)20(30)21(31)25(36-12)40-17-11-35-8-7-14(17)38-26-22(32)23(19(29)16(10-27)39-26)37-15(24(33)34)9-13-5-3-2-4-6-13/h12-23,25-32H,2-11H2,1H3,(H,33,34)/t12-,14-,15+,16+,17-,18+,19-,20-,21+,22-,23+,25-,26+/m1/s1. The molecule has 0 radical (unpaired) electrons. The molecule has 4 aliphatic rings. The van der Waals surface area contributed by atoms with Crippen LogP contribution in [0, 0.1) is 5.92 Å². The summed E-state index contributed by atoms with van der Waals surface area (Å²) in [5.41, 5.74) is 0. The fourth-order valence-corrected chi connectivity index (χ4v) is 5.90. The number of rotatable bonds is 10. The molecule has 3 aliphatic heterocycles. The van der Waals surface area contributed by atoms with Crippen LogP contribution in [0.5, 0.6) is 0 Å². The first-order valence-electron chi connectivity index (χ1n) is 14.2. The van der Waals surface area contributed by atoms with E-state index in [0.29, 0.717) is 0 Å². The predicted octanol–water partition coefficient (Wildman–Crippen LogP) is -1.75. The number of carbonyl (C=O) groups is 1. The number of hydrogen-bond donors (Lipinski definition) is 7. The van der Waals surface area contributed by atoms with Crippen LogP contribution in [0.4, 0.5) is 0 Å². The van der Waals surface area contributed by atoms with E-state index in [2.05, 4.69) is 0 Å². The molecule has 3 saturated heterocycles. The highest BCUT2D eigenvalue weighted by Crippen LogP contribution is 2.33.